The van der Waals surface area contributed by atoms with Gasteiger partial charge in [0.25, 0.3) is 0 Å². The first-order valence-corrected chi connectivity index (χ1v) is 8.29. The van der Waals surface area contributed by atoms with Gasteiger partial charge in [-0.3, -0.25) is 9.20 Å². The molecular formula is C19H18ClN3O2. The number of aromatic nitrogens is 2. The molecule has 0 aliphatic carbocycles. The molecule has 0 radical (unpaired) electrons. The van der Waals surface area contributed by atoms with Crippen LogP contribution in [-0.2, 0) is 4.79 Å². The van der Waals surface area contributed by atoms with Gasteiger partial charge in [-0.1, -0.05) is 17.7 Å². The van der Waals surface area contributed by atoms with E-state index in [1.165, 1.54) is 6.08 Å². The minimum atomic E-state index is -0.250. The summed E-state index contributed by atoms with van der Waals surface area (Å²) < 4.78 is 7.40. The molecule has 0 saturated heterocycles. The lowest BCUT2D eigenvalue weighted by molar-refractivity contribution is -0.111. The smallest absolute Gasteiger partial charge is 0.248 e. The number of imidazole rings is 1. The number of nitrogens with one attached hydrogen (secondary N) is 1. The molecule has 3 rings (SSSR count). The summed E-state index contributed by atoms with van der Waals surface area (Å²) >= 11 is 6.14. The largest absolute Gasteiger partial charge is 0.491 e. The van der Waals surface area contributed by atoms with Gasteiger partial charge in [0, 0.05) is 18.0 Å². The van der Waals surface area contributed by atoms with Crippen molar-refractivity contribution < 1.29 is 9.53 Å². The van der Waals surface area contributed by atoms with Gasteiger partial charge in [-0.15, -0.1) is 0 Å². The second kappa shape index (κ2) is 7.40. The summed E-state index contributed by atoms with van der Waals surface area (Å²) in [6, 6.07) is 12.8. The van der Waals surface area contributed by atoms with Gasteiger partial charge in [0.15, 0.2) is 5.15 Å². The van der Waals surface area contributed by atoms with Gasteiger partial charge in [0.2, 0.25) is 5.91 Å². The van der Waals surface area contributed by atoms with Crippen LogP contribution in [0.2, 0.25) is 5.15 Å². The Kier molecular flexibility index (Phi) is 5.05. The maximum Gasteiger partial charge on any atom is 0.248 e. The number of rotatable bonds is 5. The molecule has 1 aromatic carbocycles. The number of hydrogen-bond donors (Lipinski definition) is 1. The number of anilines is 1. The van der Waals surface area contributed by atoms with E-state index in [4.69, 9.17) is 16.3 Å². The third-order valence-electron chi connectivity index (χ3n) is 3.41. The number of carbonyl (C=O) groups excluding carboxylic acids is 1. The van der Waals surface area contributed by atoms with Crippen LogP contribution in [0.1, 0.15) is 19.5 Å². The molecule has 0 spiro atoms. The Balaban J connectivity index is 1.69. The number of amides is 1. The van der Waals surface area contributed by atoms with Crippen molar-refractivity contribution in [1.29, 1.82) is 0 Å². The molecule has 0 atom stereocenters. The molecule has 128 valence electrons. The number of nitrogens with zero attached hydrogens (tertiary/aromatic N) is 2. The Morgan fingerprint density at radius 3 is 2.72 bits per heavy atom. The van der Waals surface area contributed by atoms with Crippen molar-refractivity contribution in [2.75, 3.05) is 5.32 Å². The van der Waals surface area contributed by atoms with Crippen LogP contribution in [0.3, 0.4) is 0 Å². The van der Waals surface area contributed by atoms with Crippen molar-refractivity contribution in [1.82, 2.24) is 9.38 Å². The number of ether oxygens (including phenoxy) is 1. The number of halogens is 1. The van der Waals surface area contributed by atoms with Gasteiger partial charge in [-0.2, -0.15) is 0 Å². The summed E-state index contributed by atoms with van der Waals surface area (Å²) in [5.74, 6) is 0.514. The summed E-state index contributed by atoms with van der Waals surface area (Å²) in [6.07, 6.45) is 5.03. The van der Waals surface area contributed by atoms with E-state index in [2.05, 4.69) is 10.3 Å². The molecule has 25 heavy (non-hydrogen) atoms. The van der Waals surface area contributed by atoms with E-state index in [0.717, 1.165) is 11.4 Å². The van der Waals surface area contributed by atoms with Crippen LogP contribution < -0.4 is 10.1 Å². The van der Waals surface area contributed by atoms with Gasteiger partial charge in [-0.05, 0) is 56.3 Å². The number of fused-ring (bicyclic) bond motifs is 1. The van der Waals surface area contributed by atoms with E-state index >= 15 is 0 Å². The molecule has 1 amide bonds. The first kappa shape index (κ1) is 17.0. The zero-order valence-electron chi connectivity index (χ0n) is 13.9. The predicted molar refractivity (Wildman–Crippen MR) is 100 cm³/mol. The highest BCUT2D eigenvalue weighted by Gasteiger charge is 2.07. The van der Waals surface area contributed by atoms with Crippen molar-refractivity contribution in [2.45, 2.75) is 20.0 Å². The minimum Gasteiger partial charge on any atom is -0.491 e. The summed E-state index contributed by atoms with van der Waals surface area (Å²) in [6.45, 7) is 3.93. The highest BCUT2D eigenvalue weighted by Crippen LogP contribution is 2.19. The SMILES string of the molecule is CC(C)Oc1ccc(NC(=O)/C=C/c2c(Cl)nc3ccccn23)cc1. The summed E-state index contributed by atoms with van der Waals surface area (Å²) in [7, 11) is 0. The van der Waals surface area contributed by atoms with Gasteiger partial charge >= 0.3 is 0 Å². The van der Waals surface area contributed by atoms with Crippen LogP contribution in [-0.4, -0.2) is 21.4 Å². The molecule has 6 heteroatoms. The molecule has 0 saturated carbocycles. The van der Waals surface area contributed by atoms with E-state index in [0.29, 0.717) is 16.5 Å². The van der Waals surface area contributed by atoms with Gasteiger partial charge in [0.05, 0.1) is 11.8 Å². The Morgan fingerprint density at radius 2 is 2.00 bits per heavy atom. The molecular weight excluding hydrogens is 338 g/mol. The highest BCUT2D eigenvalue weighted by molar-refractivity contribution is 6.31. The number of carbonyl (C=O) groups is 1. The summed E-state index contributed by atoms with van der Waals surface area (Å²) in [4.78, 5) is 16.4. The first-order valence-electron chi connectivity index (χ1n) is 7.91. The fraction of sp³-hybridized carbons (Fsp3) is 0.158. The van der Waals surface area contributed by atoms with E-state index in [-0.39, 0.29) is 12.0 Å². The number of pyridine rings is 1. The monoisotopic (exact) mass is 355 g/mol. The lowest BCUT2D eigenvalue weighted by Crippen LogP contribution is -2.08. The fourth-order valence-corrected chi connectivity index (χ4v) is 2.60. The third kappa shape index (κ3) is 4.19. The molecule has 0 unspecified atom stereocenters. The number of benzene rings is 1. The molecule has 2 heterocycles. The lowest BCUT2D eigenvalue weighted by atomic mass is 10.3. The molecule has 0 bridgehead atoms. The molecule has 2 aromatic heterocycles. The second-order valence-electron chi connectivity index (χ2n) is 5.73. The Labute approximate surface area is 150 Å². The van der Waals surface area contributed by atoms with Crippen LogP contribution in [0.25, 0.3) is 11.7 Å². The van der Waals surface area contributed by atoms with E-state index in [1.54, 1.807) is 18.2 Å². The molecule has 3 aromatic rings. The normalized spacial score (nSPS) is 11.4. The lowest BCUT2D eigenvalue weighted by Gasteiger charge is -2.10. The zero-order chi connectivity index (χ0) is 17.8. The van der Waals surface area contributed by atoms with E-state index in [1.807, 2.05) is 54.8 Å². The van der Waals surface area contributed by atoms with Crippen molar-refractivity contribution in [2.24, 2.45) is 0 Å². The maximum absolute atomic E-state index is 12.1. The predicted octanol–water partition coefficient (Wildman–Crippen LogP) is 4.43. The minimum absolute atomic E-state index is 0.110. The van der Waals surface area contributed by atoms with Crippen LogP contribution >= 0.6 is 11.6 Å². The van der Waals surface area contributed by atoms with Crippen LogP contribution in [0.5, 0.6) is 5.75 Å². The molecule has 0 fully saturated rings. The fourth-order valence-electron chi connectivity index (χ4n) is 2.36. The van der Waals surface area contributed by atoms with Crippen LogP contribution in [0, 0.1) is 0 Å². The van der Waals surface area contributed by atoms with Gasteiger partial charge < -0.3 is 10.1 Å². The van der Waals surface area contributed by atoms with E-state index in [9.17, 15) is 4.79 Å². The second-order valence-corrected chi connectivity index (χ2v) is 6.09. The van der Waals surface area contributed by atoms with Crippen molar-refractivity contribution >= 4 is 34.9 Å². The van der Waals surface area contributed by atoms with Crippen molar-refractivity contribution in [3.8, 4) is 5.75 Å². The molecule has 1 N–H and O–H groups in total. The van der Waals surface area contributed by atoms with Crippen molar-refractivity contribution in [3.05, 3.63) is 65.6 Å². The quantitative estimate of drug-likeness (QED) is 0.689. The third-order valence-corrected chi connectivity index (χ3v) is 3.69. The Hall–Kier alpha value is -2.79. The van der Waals surface area contributed by atoms with Crippen LogP contribution in [0.4, 0.5) is 5.69 Å². The summed E-state index contributed by atoms with van der Waals surface area (Å²) in [5.41, 5.74) is 2.08. The first-order chi connectivity index (χ1) is 12.0. The Bertz CT molecular complexity index is 914. The molecule has 0 aliphatic rings. The average Bonchev–Trinajstić information content (AvgIpc) is 2.89. The standard InChI is InChI=1S/C19H18ClN3O2/c1-13(2)25-15-8-6-14(7-9-15)21-18(24)11-10-16-19(20)22-17-5-3-4-12-23(16)17/h3-13H,1-2H3,(H,21,24)/b11-10+. The van der Waals surface area contributed by atoms with E-state index < -0.39 is 0 Å². The number of hydrogen-bond acceptors (Lipinski definition) is 3. The Morgan fingerprint density at radius 1 is 1.24 bits per heavy atom. The van der Waals surface area contributed by atoms with Gasteiger partial charge in [0.1, 0.15) is 11.4 Å². The van der Waals surface area contributed by atoms with Crippen molar-refractivity contribution in [3.63, 3.8) is 0 Å². The average molecular weight is 356 g/mol. The zero-order valence-corrected chi connectivity index (χ0v) is 14.7. The summed E-state index contributed by atoms with van der Waals surface area (Å²) in [5, 5.41) is 3.15. The van der Waals surface area contributed by atoms with Gasteiger partial charge in [-0.25, -0.2) is 4.98 Å². The topological polar surface area (TPSA) is 55.6 Å². The maximum atomic E-state index is 12.1. The highest BCUT2D eigenvalue weighted by atomic mass is 35.5. The molecule has 5 nitrogen and oxygen atoms in total. The van der Waals surface area contributed by atoms with Crippen LogP contribution in [0.15, 0.2) is 54.7 Å². The molecule has 0 aliphatic heterocycles.